The highest BCUT2D eigenvalue weighted by Crippen LogP contribution is 2.17. The topological polar surface area (TPSA) is 24.9 Å². The average molecular weight is 215 g/mol. The monoisotopic (exact) mass is 214 g/mol. The van der Waals surface area contributed by atoms with Gasteiger partial charge in [0.2, 0.25) is 0 Å². The van der Waals surface area contributed by atoms with Gasteiger partial charge in [-0.3, -0.25) is 5.32 Å². The number of aromatic nitrogens is 1. The van der Waals surface area contributed by atoms with E-state index in [9.17, 15) is 0 Å². The van der Waals surface area contributed by atoms with Gasteiger partial charge in [0.05, 0.1) is 12.2 Å². The lowest BCUT2D eigenvalue weighted by molar-refractivity contribution is 0.591. The van der Waals surface area contributed by atoms with E-state index < -0.39 is 0 Å². The fraction of sp³-hybridized carbons (Fsp3) is 0.444. The molecule has 0 fully saturated rings. The molecule has 0 radical (unpaired) electrons. The summed E-state index contributed by atoms with van der Waals surface area (Å²) in [7, 11) is 0. The Bertz CT molecular complexity index is 303. The molecule has 0 saturated heterocycles. The van der Waals surface area contributed by atoms with Crippen LogP contribution in [0.15, 0.2) is 6.20 Å². The molecule has 1 atom stereocenters. The molecular weight excluding hydrogens is 204 g/mol. The molecule has 1 aromatic rings. The lowest BCUT2D eigenvalue weighted by Gasteiger charge is -2.07. The second-order valence-electron chi connectivity index (χ2n) is 2.57. The smallest absolute Gasteiger partial charge is 0.113 e. The summed E-state index contributed by atoms with van der Waals surface area (Å²) < 4.78 is 0.713. The van der Waals surface area contributed by atoms with E-state index in [1.165, 1.54) is 11.3 Å². The summed E-state index contributed by atoms with van der Waals surface area (Å²) in [5.74, 6) is 2.66. The van der Waals surface area contributed by atoms with Crippen LogP contribution < -0.4 is 5.32 Å². The van der Waals surface area contributed by atoms with Crippen molar-refractivity contribution in [1.29, 1.82) is 0 Å². The molecule has 0 aliphatic rings. The second kappa shape index (κ2) is 5.23. The first-order valence-corrected chi connectivity index (χ1v) is 5.25. The fourth-order valence-electron chi connectivity index (χ4n) is 0.901. The molecular formula is C9H11ClN2S. The molecule has 0 aliphatic heterocycles. The number of hydrogen-bond acceptors (Lipinski definition) is 3. The minimum Gasteiger partial charge on any atom is -0.297 e. The van der Waals surface area contributed by atoms with Gasteiger partial charge in [0, 0.05) is 6.54 Å². The zero-order chi connectivity index (χ0) is 9.68. The Morgan fingerprint density at radius 2 is 2.62 bits per heavy atom. The Kier molecular flexibility index (Phi) is 4.23. The molecule has 0 spiro atoms. The average Bonchev–Trinajstić information content (AvgIpc) is 2.53. The lowest BCUT2D eigenvalue weighted by atomic mass is 10.2. The standard InChI is InChI=1S/C9H11ClN2S/c1-3-7(4-2)11-6-9-12-5-8(10)13-9/h1,5,7,11H,4,6H2,2H3. The Morgan fingerprint density at radius 1 is 1.85 bits per heavy atom. The Labute approximate surface area is 87.3 Å². The third-order valence-corrected chi connectivity index (χ3v) is 2.75. The van der Waals surface area contributed by atoms with Gasteiger partial charge >= 0.3 is 0 Å². The van der Waals surface area contributed by atoms with Crippen molar-refractivity contribution in [2.45, 2.75) is 25.9 Å². The van der Waals surface area contributed by atoms with Crippen molar-refractivity contribution < 1.29 is 0 Å². The Morgan fingerprint density at radius 3 is 3.08 bits per heavy atom. The third kappa shape index (κ3) is 3.35. The molecule has 0 saturated carbocycles. The molecule has 1 unspecified atom stereocenters. The summed E-state index contributed by atoms with van der Waals surface area (Å²) in [5, 5.41) is 4.17. The lowest BCUT2D eigenvalue weighted by Crippen LogP contribution is -2.25. The van der Waals surface area contributed by atoms with Gasteiger partial charge in [0.15, 0.2) is 0 Å². The molecule has 0 bridgehead atoms. The maximum absolute atomic E-state index is 5.73. The zero-order valence-corrected chi connectivity index (χ0v) is 8.95. The van der Waals surface area contributed by atoms with Crippen LogP contribution in [0, 0.1) is 12.3 Å². The van der Waals surface area contributed by atoms with Crippen LogP contribution in [0.25, 0.3) is 0 Å². The highest BCUT2D eigenvalue weighted by molar-refractivity contribution is 7.15. The van der Waals surface area contributed by atoms with E-state index in [1.54, 1.807) is 6.20 Å². The van der Waals surface area contributed by atoms with Crippen molar-refractivity contribution >= 4 is 22.9 Å². The van der Waals surface area contributed by atoms with Crippen LogP contribution in [0.3, 0.4) is 0 Å². The highest BCUT2D eigenvalue weighted by atomic mass is 35.5. The molecule has 1 N–H and O–H groups in total. The summed E-state index contributed by atoms with van der Waals surface area (Å²) in [6.07, 6.45) is 7.88. The number of terminal acetylenes is 1. The van der Waals surface area contributed by atoms with Gasteiger partial charge in [0.1, 0.15) is 9.34 Å². The van der Waals surface area contributed by atoms with Crippen LogP contribution in [0.5, 0.6) is 0 Å². The molecule has 4 heteroatoms. The maximum atomic E-state index is 5.73. The number of halogens is 1. The molecule has 0 amide bonds. The summed E-state index contributed by atoms with van der Waals surface area (Å²) in [5.41, 5.74) is 0. The first-order valence-electron chi connectivity index (χ1n) is 4.06. The van der Waals surface area contributed by atoms with Crippen LogP contribution in [0.2, 0.25) is 4.34 Å². The first kappa shape index (κ1) is 10.5. The summed E-state index contributed by atoms with van der Waals surface area (Å²) in [6.45, 7) is 2.74. The van der Waals surface area contributed by atoms with Crippen LogP contribution in [-0.2, 0) is 6.54 Å². The maximum Gasteiger partial charge on any atom is 0.113 e. The molecule has 0 aliphatic carbocycles. The van der Waals surface area contributed by atoms with E-state index in [1.807, 2.05) is 6.92 Å². The minimum atomic E-state index is 0.127. The SMILES string of the molecule is C#CC(CC)NCc1ncc(Cl)s1. The molecule has 1 heterocycles. The third-order valence-electron chi connectivity index (χ3n) is 1.63. The van der Waals surface area contributed by atoms with E-state index in [2.05, 4.69) is 16.2 Å². The molecule has 70 valence electrons. The van der Waals surface area contributed by atoms with E-state index >= 15 is 0 Å². The Balaban J connectivity index is 2.39. The van der Waals surface area contributed by atoms with E-state index in [0.717, 1.165) is 11.4 Å². The summed E-state index contributed by atoms with van der Waals surface area (Å²) >= 11 is 7.21. The summed E-state index contributed by atoms with van der Waals surface area (Å²) in [4.78, 5) is 4.11. The van der Waals surface area contributed by atoms with Crippen molar-refractivity contribution in [2.75, 3.05) is 0 Å². The number of hydrogen-bond donors (Lipinski definition) is 1. The molecule has 0 aromatic carbocycles. The van der Waals surface area contributed by atoms with E-state index in [-0.39, 0.29) is 6.04 Å². The molecule has 2 nitrogen and oxygen atoms in total. The van der Waals surface area contributed by atoms with Crippen molar-refractivity contribution in [3.8, 4) is 12.3 Å². The minimum absolute atomic E-state index is 0.127. The largest absolute Gasteiger partial charge is 0.297 e. The van der Waals surface area contributed by atoms with Gasteiger partial charge in [-0.15, -0.1) is 17.8 Å². The summed E-state index contributed by atoms with van der Waals surface area (Å²) in [6, 6.07) is 0.127. The van der Waals surface area contributed by atoms with Gasteiger partial charge < -0.3 is 0 Å². The van der Waals surface area contributed by atoms with Crippen molar-refractivity contribution in [1.82, 2.24) is 10.3 Å². The number of nitrogens with zero attached hydrogens (tertiary/aromatic N) is 1. The van der Waals surface area contributed by atoms with E-state index in [4.69, 9.17) is 18.0 Å². The quantitative estimate of drug-likeness (QED) is 0.779. The van der Waals surface area contributed by atoms with Crippen LogP contribution in [0.1, 0.15) is 18.4 Å². The zero-order valence-electron chi connectivity index (χ0n) is 7.38. The van der Waals surface area contributed by atoms with Crippen molar-refractivity contribution in [3.05, 3.63) is 15.5 Å². The number of rotatable bonds is 4. The van der Waals surface area contributed by atoms with Gasteiger partial charge in [0.25, 0.3) is 0 Å². The van der Waals surface area contributed by atoms with E-state index in [0.29, 0.717) is 10.9 Å². The van der Waals surface area contributed by atoms with Crippen LogP contribution in [-0.4, -0.2) is 11.0 Å². The second-order valence-corrected chi connectivity index (χ2v) is 4.31. The Hall–Kier alpha value is -0.560. The predicted molar refractivity (Wildman–Crippen MR) is 56.9 cm³/mol. The van der Waals surface area contributed by atoms with Crippen LogP contribution in [0.4, 0.5) is 0 Å². The molecule has 13 heavy (non-hydrogen) atoms. The van der Waals surface area contributed by atoms with Gasteiger partial charge in [-0.05, 0) is 6.42 Å². The molecule has 1 aromatic heterocycles. The fourth-order valence-corrected chi connectivity index (χ4v) is 1.81. The normalized spacial score (nSPS) is 12.4. The van der Waals surface area contributed by atoms with Crippen LogP contribution >= 0.6 is 22.9 Å². The molecule has 1 rings (SSSR count). The van der Waals surface area contributed by atoms with Crippen molar-refractivity contribution in [3.63, 3.8) is 0 Å². The number of nitrogens with one attached hydrogen (secondary N) is 1. The van der Waals surface area contributed by atoms with Crippen molar-refractivity contribution in [2.24, 2.45) is 0 Å². The van der Waals surface area contributed by atoms with Gasteiger partial charge in [-0.2, -0.15) is 0 Å². The highest BCUT2D eigenvalue weighted by Gasteiger charge is 2.03. The van der Waals surface area contributed by atoms with Gasteiger partial charge in [-0.1, -0.05) is 24.4 Å². The first-order chi connectivity index (χ1) is 6.26. The number of thiazole rings is 1. The predicted octanol–water partition coefficient (Wildman–Crippen LogP) is 2.30. The van der Waals surface area contributed by atoms with Gasteiger partial charge in [-0.25, -0.2) is 4.98 Å².